The molecule has 0 radical (unpaired) electrons. The Kier molecular flexibility index (Phi) is 6.41. The zero-order valence-corrected chi connectivity index (χ0v) is 13.8. The van der Waals surface area contributed by atoms with Crippen molar-refractivity contribution < 1.29 is 19.4 Å². The summed E-state index contributed by atoms with van der Waals surface area (Å²) >= 11 is 0. The third-order valence-corrected chi connectivity index (χ3v) is 3.47. The lowest BCUT2D eigenvalue weighted by Crippen LogP contribution is -2.41. The van der Waals surface area contributed by atoms with Gasteiger partial charge in [-0.3, -0.25) is 14.4 Å². The zero-order valence-electron chi connectivity index (χ0n) is 13.8. The molecule has 0 atom stereocenters. The van der Waals surface area contributed by atoms with Gasteiger partial charge in [0.25, 0.3) is 5.56 Å². The number of rotatable bonds is 8. The first-order chi connectivity index (χ1) is 12.0. The van der Waals surface area contributed by atoms with Crippen LogP contribution in [0.2, 0.25) is 0 Å². The zero-order chi connectivity index (χ0) is 18.2. The first-order valence-corrected chi connectivity index (χ1v) is 7.63. The molecule has 8 nitrogen and oxygen atoms in total. The van der Waals surface area contributed by atoms with E-state index >= 15 is 0 Å². The fourth-order valence-corrected chi connectivity index (χ4v) is 2.21. The topological polar surface area (TPSA) is 102 Å². The van der Waals surface area contributed by atoms with E-state index in [4.69, 9.17) is 9.84 Å². The number of carbonyl (C=O) groups is 2. The molecule has 8 heteroatoms. The summed E-state index contributed by atoms with van der Waals surface area (Å²) in [6, 6.07) is 12.1. The largest absolute Gasteiger partial charge is 0.480 e. The van der Waals surface area contributed by atoms with Crippen molar-refractivity contribution in [2.45, 2.75) is 6.54 Å². The van der Waals surface area contributed by atoms with Crippen LogP contribution in [0.25, 0.3) is 11.3 Å². The van der Waals surface area contributed by atoms with E-state index < -0.39 is 24.0 Å². The van der Waals surface area contributed by atoms with Gasteiger partial charge < -0.3 is 14.7 Å². The van der Waals surface area contributed by atoms with E-state index in [0.717, 1.165) is 15.1 Å². The third kappa shape index (κ3) is 5.25. The minimum Gasteiger partial charge on any atom is -0.480 e. The lowest BCUT2D eigenvalue weighted by atomic mass is 10.1. The van der Waals surface area contributed by atoms with Crippen LogP contribution in [-0.4, -0.2) is 58.5 Å². The fourth-order valence-electron chi connectivity index (χ4n) is 2.21. The smallest absolute Gasteiger partial charge is 0.323 e. The Morgan fingerprint density at radius 1 is 1.20 bits per heavy atom. The van der Waals surface area contributed by atoms with Gasteiger partial charge >= 0.3 is 5.97 Å². The Bertz CT molecular complexity index is 788. The highest BCUT2D eigenvalue weighted by Gasteiger charge is 2.18. The number of methoxy groups -OCH3 is 1. The van der Waals surface area contributed by atoms with Crippen molar-refractivity contribution in [3.05, 3.63) is 52.8 Å². The number of benzene rings is 1. The maximum absolute atomic E-state index is 12.4. The van der Waals surface area contributed by atoms with Gasteiger partial charge in [0, 0.05) is 25.3 Å². The molecule has 0 saturated heterocycles. The molecule has 1 N–H and O–H groups in total. The number of carboxylic acids is 1. The van der Waals surface area contributed by atoms with Crippen LogP contribution in [0.3, 0.4) is 0 Å². The second-order valence-electron chi connectivity index (χ2n) is 5.28. The number of ether oxygens (including phenoxy) is 1. The van der Waals surface area contributed by atoms with E-state index in [1.807, 2.05) is 30.3 Å². The first kappa shape index (κ1) is 18.3. The Labute approximate surface area is 144 Å². The highest BCUT2D eigenvalue weighted by Crippen LogP contribution is 2.13. The fraction of sp³-hybridized carbons (Fsp3) is 0.294. The summed E-state index contributed by atoms with van der Waals surface area (Å²) in [4.78, 5) is 36.4. The van der Waals surface area contributed by atoms with Crippen molar-refractivity contribution in [1.82, 2.24) is 14.7 Å². The highest BCUT2D eigenvalue weighted by atomic mass is 16.5. The number of hydrogen-bond acceptors (Lipinski definition) is 5. The molecule has 2 rings (SSSR count). The Balaban J connectivity index is 2.21. The maximum atomic E-state index is 12.4. The first-order valence-electron chi connectivity index (χ1n) is 7.63. The number of aliphatic carboxylic acids is 1. The van der Waals surface area contributed by atoms with Crippen LogP contribution in [0.1, 0.15) is 0 Å². The monoisotopic (exact) mass is 345 g/mol. The molecule has 0 spiro atoms. The minimum atomic E-state index is -1.14. The summed E-state index contributed by atoms with van der Waals surface area (Å²) in [6.07, 6.45) is 0. The average molecular weight is 345 g/mol. The predicted molar refractivity (Wildman–Crippen MR) is 90.0 cm³/mol. The number of carbonyl (C=O) groups excluding carboxylic acids is 1. The molecule has 0 unspecified atom stereocenters. The van der Waals surface area contributed by atoms with Crippen molar-refractivity contribution in [3.63, 3.8) is 0 Å². The number of hydrogen-bond donors (Lipinski definition) is 1. The molecular formula is C17H19N3O5. The Morgan fingerprint density at radius 2 is 1.92 bits per heavy atom. The van der Waals surface area contributed by atoms with Crippen LogP contribution in [0, 0.1) is 0 Å². The Hall–Kier alpha value is -3.00. The summed E-state index contributed by atoms with van der Waals surface area (Å²) < 4.78 is 5.92. The van der Waals surface area contributed by atoms with Crippen LogP contribution in [0.5, 0.6) is 0 Å². The molecule has 0 aliphatic carbocycles. The van der Waals surface area contributed by atoms with Crippen molar-refractivity contribution in [3.8, 4) is 11.3 Å². The summed E-state index contributed by atoms with van der Waals surface area (Å²) in [5.74, 6) is -1.65. The van der Waals surface area contributed by atoms with Crippen molar-refractivity contribution in [2.75, 3.05) is 26.8 Å². The molecule has 1 aromatic carbocycles. The molecule has 2 aromatic rings. The molecule has 0 aliphatic heterocycles. The standard InChI is InChI=1S/C17H19N3O5/c1-25-10-9-19(12-17(23)24)16(22)11-20-15(21)8-7-14(18-20)13-5-3-2-4-6-13/h2-8H,9-12H2,1H3,(H,23,24). The highest BCUT2D eigenvalue weighted by molar-refractivity contribution is 5.81. The maximum Gasteiger partial charge on any atom is 0.323 e. The predicted octanol–water partition coefficient (Wildman–Crippen LogP) is 0.470. The molecule has 1 amide bonds. The quantitative estimate of drug-likeness (QED) is 0.746. The van der Waals surface area contributed by atoms with E-state index in [2.05, 4.69) is 5.10 Å². The normalized spacial score (nSPS) is 10.4. The number of nitrogens with zero attached hydrogens (tertiary/aromatic N) is 3. The van der Waals surface area contributed by atoms with Gasteiger partial charge in [0.05, 0.1) is 12.3 Å². The van der Waals surface area contributed by atoms with Crippen LogP contribution in [-0.2, 0) is 20.9 Å². The second-order valence-corrected chi connectivity index (χ2v) is 5.28. The molecule has 0 saturated carbocycles. The number of amides is 1. The molecule has 1 aromatic heterocycles. The molecule has 1 heterocycles. The van der Waals surface area contributed by atoms with E-state index in [1.165, 1.54) is 13.2 Å². The van der Waals surface area contributed by atoms with Gasteiger partial charge in [-0.1, -0.05) is 30.3 Å². The van der Waals surface area contributed by atoms with Crippen LogP contribution < -0.4 is 5.56 Å². The van der Waals surface area contributed by atoms with E-state index in [0.29, 0.717) is 5.69 Å². The summed E-state index contributed by atoms with van der Waals surface area (Å²) in [5.41, 5.74) is 0.926. The van der Waals surface area contributed by atoms with Crippen LogP contribution in [0.4, 0.5) is 0 Å². The second kappa shape index (κ2) is 8.74. The molecule has 25 heavy (non-hydrogen) atoms. The van der Waals surface area contributed by atoms with E-state index in [-0.39, 0.29) is 19.7 Å². The molecular weight excluding hydrogens is 326 g/mol. The van der Waals surface area contributed by atoms with E-state index in [1.54, 1.807) is 6.07 Å². The van der Waals surface area contributed by atoms with Gasteiger partial charge in [-0.25, -0.2) is 4.68 Å². The minimum absolute atomic E-state index is 0.120. The SMILES string of the molecule is COCCN(CC(=O)O)C(=O)Cn1nc(-c2ccccc2)ccc1=O. The van der Waals surface area contributed by atoms with Crippen LogP contribution >= 0.6 is 0 Å². The molecule has 0 bridgehead atoms. The molecule has 132 valence electrons. The summed E-state index contributed by atoms with van der Waals surface area (Å²) in [6.45, 7) is -0.480. The average Bonchev–Trinajstić information content (AvgIpc) is 2.60. The van der Waals surface area contributed by atoms with Gasteiger partial charge in [0.15, 0.2) is 0 Å². The third-order valence-electron chi connectivity index (χ3n) is 3.47. The molecule has 0 aliphatic rings. The number of carboxylic acid groups (broad SMARTS) is 1. The van der Waals surface area contributed by atoms with Crippen molar-refractivity contribution >= 4 is 11.9 Å². The number of aromatic nitrogens is 2. The van der Waals surface area contributed by atoms with Gasteiger partial charge in [-0.2, -0.15) is 5.10 Å². The van der Waals surface area contributed by atoms with E-state index in [9.17, 15) is 14.4 Å². The Morgan fingerprint density at radius 3 is 2.56 bits per heavy atom. The van der Waals surface area contributed by atoms with Crippen molar-refractivity contribution in [1.29, 1.82) is 0 Å². The van der Waals surface area contributed by atoms with Gasteiger partial charge in [-0.05, 0) is 6.07 Å². The molecule has 0 fully saturated rings. The summed E-state index contributed by atoms with van der Waals surface area (Å²) in [7, 11) is 1.46. The van der Waals surface area contributed by atoms with Gasteiger partial charge in [-0.15, -0.1) is 0 Å². The van der Waals surface area contributed by atoms with Crippen LogP contribution in [0.15, 0.2) is 47.3 Å². The van der Waals surface area contributed by atoms with Crippen molar-refractivity contribution in [2.24, 2.45) is 0 Å². The lowest BCUT2D eigenvalue weighted by molar-refractivity contribution is -0.145. The van der Waals surface area contributed by atoms with Gasteiger partial charge in [0.1, 0.15) is 13.1 Å². The summed E-state index contributed by atoms with van der Waals surface area (Å²) in [5, 5.41) is 13.1. The van der Waals surface area contributed by atoms with Gasteiger partial charge in [0.2, 0.25) is 5.91 Å². The lowest BCUT2D eigenvalue weighted by Gasteiger charge is -2.20.